The zero-order chi connectivity index (χ0) is 17.3. The number of nitrogens with zero attached hydrogens (tertiary/aromatic N) is 2. The highest BCUT2D eigenvalue weighted by molar-refractivity contribution is 6.05. The van der Waals surface area contributed by atoms with Crippen LogP contribution in [0.25, 0.3) is 0 Å². The third kappa shape index (κ3) is 3.83. The van der Waals surface area contributed by atoms with Crippen LogP contribution in [-0.4, -0.2) is 47.6 Å². The van der Waals surface area contributed by atoms with E-state index in [0.29, 0.717) is 23.5 Å². The van der Waals surface area contributed by atoms with Crippen molar-refractivity contribution in [3.05, 3.63) is 46.3 Å². The Kier molecular flexibility index (Phi) is 5.81. The first-order chi connectivity index (χ1) is 11.5. The summed E-state index contributed by atoms with van der Waals surface area (Å²) in [7, 11) is 3.40. The predicted molar refractivity (Wildman–Crippen MR) is 98.4 cm³/mol. The summed E-state index contributed by atoms with van der Waals surface area (Å²) in [6, 6.07) is 5.29. The van der Waals surface area contributed by atoms with Crippen LogP contribution in [-0.2, 0) is 13.0 Å². The summed E-state index contributed by atoms with van der Waals surface area (Å²) >= 11 is 0. The van der Waals surface area contributed by atoms with Crippen LogP contribution in [0.1, 0.15) is 37.7 Å². The summed E-state index contributed by atoms with van der Waals surface area (Å²) in [5, 5.41) is 13.2. The van der Waals surface area contributed by atoms with Crippen LogP contribution in [0.2, 0.25) is 0 Å². The van der Waals surface area contributed by atoms with Gasteiger partial charge in [-0.25, -0.2) is 0 Å². The van der Waals surface area contributed by atoms with Gasteiger partial charge in [0.2, 0.25) is 0 Å². The number of H-pyrrole nitrogens is 1. The average molecular weight is 364 g/mol. The summed E-state index contributed by atoms with van der Waals surface area (Å²) < 4.78 is 0. The van der Waals surface area contributed by atoms with Crippen LogP contribution >= 0.6 is 12.4 Å². The number of benzene rings is 1. The molecule has 7 nitrogen and oxygen atoms in total. The highest BCUT2D eigenvalue weighted by Crippen LogP contribution is 2.21. The number of nitrogens with one attached hydrogen (secondary N) is 3. The molecule has 0 saturated carbocycles. The molecule has 1 aromatic carbocycles. The first-order valence-electron chi connectivity index (χ1n) is 7.88. The van der Waals surface area contributed by atoms with Gasteiger partial charge in [-0.1, -0.05) is 6.07 Å². The molecule has 1 aromatic heterocycles. The highest BCUT2D eigenvalue weighted by Gasteiger charge is 2.22. The number of carbonyl (C=O) groups excluding carboxylic acids is 2. The van der Waals surface area contributed by atoms with Crippen LogP contribution in [0.4, 0.5) is 5.69 Å². The van der Waals surface area contributed by atoms with Crippen molar-refractivity contribution in [2.75, 3.05) is 26.0 Å². The molecule has 0 spiro atoms. The minimum atomic E-state index is -0.270. The summed E-state index contributed by atoms with van der Waals surface area (Å²) in [5.41, 5.74) is 4.37. The topological polar surface area (TPSA) is 90.1 Å². The van der Waals surface area contributed by atoms with Gasteiger partial charge in [0, 0.05) is 56.1 Å². The molecule has 3 rings (SSSR count). The molecule has 0 bridgehead atoms. The number of rotatable bonds is 3. The summed E-state index contributed by atoms with van der Waals surface area (Å²) in [6.07, 6.45) is 0.835. The SMILES string of the molecule is Cc1ccc(C(=O)N(C)C)cc1NC(=O)c1n[nH]c2c1CNCC2.Cl. The summed E-state index contributed by atoms with van der Waals surface area (Å²) in [6.45, 7) is 3.40. The largest absolute Gasteiger partial charge is 0.345 e. The molecule has 2 heterocycles. The molecule has 25 heavy (non-hydrogen) atoms. The van der Waals surface area contributed by atoms with Gasteiger partial charge in [0.05, 0.1) is 0 Å². The van der Waals surface area contributed by atoms with E-state index in [1.165, 1.54) is 4.90 Å². The molecule has 2 aromatic rings. The first kappa shape index (κ1) is 19.0. The second-order valence-electron chi connectivity index (χ2n) is 6.14. The van der Waals surface area contributed by atoms with E-state index in [1.807, 2.05) is 13.0 Å². The lowest BCUT2D eigenvalue weighted by atomic mass is 10.1. The van der Waals surface area contributed by atoms with Crippen molar-refractivity contribution in [2.45, 2.75) is 19.9 Å². The second-order valence-corrected chi connectivity index (χ2v) is 6.14. The van der Waals surface area contributed by atoms with Crippen molar-refractivity contribution < 1.29 is 9.59 Å². The van der Waals surface area contributed by atoms with Gasteiger partial charge in [0.1, 0.15) is 0 Å². The molecule has 0 saturated heterocycles. The average Bonchev–Trinajstić information content (AvgIpc) is 3.00. The molecule has 0 atom stereocenters. The van der Waals surface area contributed by atoms with Gasteiger partial charge in [0.25, 0.3) is 11.8 Å². The van der Waals surface area contributed by atoms with E-state index in [1.54, 1.807) is 26.2 Å². The third-order valence-electron chi connectivity index (χ3n) is 4.16. The van der Waals surface area contributed by atoms with Crippen LogP contribution in [0.5, 0.6) is 0 Å². The second kappa shape index (κ2) is 7.67. The molecule has 2 amide bonds. The Morgan fingerprint density at radius 3 is 2.76 bits per heavy atom. The third-order valence-corrected chi connectivity index (χ3v) is 4.16. The Bertz CT molecular complexity index is 800. The molecule has 0 fully saturated rings. The van der Waals surface area contributed by atoms with Crippen molar-refractivity contribution in [1.82, 2.24) is 20.4 Å². The Morgan fingerprint density at radius 1 is 1.28 bits per heavy atom. The number of fused-ring (bicyclic) bond motifs is 1. The number of aromatic amines is 1. The molecule has 3 N–H and O–H groups in total. The van der Waals surface area contributed by atoms with Crippen LogP contribution in [0, 0.1) is 6.92 Å². The predicted octanol–water partition coefficient (Wildman–Crippen LogP) is 1.74. The molecular formula is C17H22ClN5O2. The quantitative estimate of drug-likeness (QED) is 0.774. The maximum atomic E-state index is 12.6. The lowest BCUT2D eigenvalue weighted by molar-refractivity contribution is 0.0827. The standard InChI is InChI=1S/C17H21N5O2.ClH/c1-10-4-5-11(17(24)22(2)3)8-14(10)19-16(23)15-12-9-18-7-6-13(12)20-21-15;/h4-5,8,18H,6-7,9H2,1-3H3,(H,19,23)(H,20,21);1H. The summed E-state index contributed by atoms with van der Waals surface area (Å²) in [4.78, 5) is 26.2. The van der Waals surface area contributed by atoms with Gasteiger partial charge in [-0.05, 0) is 24.6 Å². The van der Waals surface area contributed by atoms with E-state index >= 15 is 0 Å². The van der Waals surface area contributed by atoms with E-state index in [9.17, 15) is 9.59 Å². The van der Waals surface area contributed by atoms with Crippen molar-refractivity contribution in [1.29, 1.82) is 0 Å². The van der Waals surface area contributed by atoms with Gasteiger partial charge in [0.15, 0.2) is 5.69 Å². The van der Waals surface area contributed by atoms with Gasteiger partial charge in [-0.2, -0.15) is 5.10 Å². The molecule has 0 aliphatic carbocycles. The Morgan fingerprint density at radius 2 is 2.04 bits per heavy atom. The van der Waals surface area contributed by atoms with Crippen LogP contribution < -0.4 is 10.6 Å². The van der Waals surface area contributed by atoms with E-state index < -0.39 is 0 Å². The minimum Gasteiger partial charge on any atom is -0.345 e. The number of amides is 2. The van der Waals surface area contributed by atoms with E-state index in [0.717, 1.165) is 29.8 Å². The molecule has 0 unspecified atom stereocenters. The summed E-state index contributed by atoms with van der Waals surface area (Å²) in [5.74, 6) is -0.374. The molecule has 8 heteroatoms. The number of hydrogen-bond acceptors (Lipinski definition) is 4. The minimum absolute atomic E-state index is 0. The maximum Gasteiger partial charge on any atom is 0.276 e. The normalized spacial score (nSPS) is 12.8. The van der Waals surface area contributed by atoms with E-state index in [4.69, 9.17) is 0 Å². The van der Waals surface area contributed by atoms with Crippen molar-refractivity contribution in [3.8, 4) is 0 Å². The maximum absolute atomic E-state index is 12.6. The number of halogens is 1. The van der Waals surface area contributed by atoms with Gasteiger partial charge in [-0.3, -0.25) is 14.7 Å². The molecule has 0 radical (unpaired) electrons. The lowest BCUT2D eigenvalue weighted by Gasteiger charge is -2.15. The number of hydrogen-bond donors (Lipinski definition) is 3. The zero-order valence-electron chi connectivity index (χ0n) is 14.5. The van der Waals surface area contributed by atoms with Crippen molar-refractivity contribution >= 4 is 29.9 Å². The Hall–Kier alpha value is -2.38. The van der Waals surface area contributed by atoms with Gasteiger partial charge in [-0.15, -0.1) is 12.4 Å². The molecule has 134 valence electrons. The van der Waals surface area contributed by atoms with E-state index in [2.05, 4.69) is 20.8 Å². The fraction of sp³-hybridized carbons (Fsp3) is 0.353. The lowest BCUT2D eigenvalue weighted by Crippen LogP contribution is -2.25. The number of aryl methyl sites for hydroxylation is 1. The highest BCUT2D eigenvalue weighted by atomic mass is 35.5. The Balaban J connectivity index is 0.00000225. The smallest absolute Gasteiger partial charge is 0.276 e. The molecule has 1 aliphatic rings. The van der Waals surface area contributed by atoms with Gasteiger partial charge < -0.3 is 15.5 Å². The Labute approximate surface area is 152 Å². The van der Waals surface area contributed by atoms with Crippen molar-refractivity contribution in [2.24, 2.45) is 0 Å². The zero-order valence-corrected chi connectivity index (χ0v) is 15.3. The van der Waals surface area contributed by atoms with Crippen LogP contribution in [0.15, 0.2) is 18.2 Å². The molecular weight excluding hydrogens is 342 g/mol. The first-order valence-corrected chi connectivity index (χ1v) is 7.88. The van der Waals surface area contributed by atoms with Crippen molar-refractivity contribution in [3.63, 3.8) is 0 Å². The monoisotopic (exact) mass is 363 g/mol. The fourth-order valence-electron chi connectivity index (χ4n) is 2.74. The number of anilines is 1. The van der Waals surface area contributed by atoms with E-state index in [-0.39, 0.29) is 24.2 Å². The van der Waals surface area contributed by atoms with Crippen LogP contribution in [0.3, 0.4) is 0 Å². The van der Waals surface area contributed by atoms with Gasteiger partial charge >= 0.3 is 0 Å². The fourth-order valence-corrected chi connectivity index (χ4v) is 2.74. The number of carbonyl (C=O) groups is 2. The molecule has 1 aliphatic heterocycles. The number of aromatic nitrogens is 2.